The maximum Gasteiger partial charge on any atom is 0.184 e. The molecule has 0 N–H and O–H groups in total. The molecule has 0 amide bonds. The van der Waals surface area contributed by atoms with Crippen LogP contribution in [0.3, 0.4) is 0 Å². The van der Waals surface area contributed by atoms with E-state index < -0.39 is 8.07 Å². The van der Waals surface area contributed by atoms with Crippen LogP contribution < -0.4 is 30.4 Å². The highest BCUT2D eigenvalue weighted by molar-refractivity contribution is 7.21. The predicted octanol–water partition coefficient (Wildman–Crippen LogP) is 11.1. The van der Waals surface area contributed by atoms with Crippen molar-refractivity contribution in [1.29, 1.82) is 0 Å². The summed E-state index contributed by atoms with van der Waals surface area (Å²) in [5.41, 5.74) is 7.61. The monoisotopic (exact) mass is 823 g/mol. The average molecular weight is 824 g/mol. The third-order valence-electron chi connectivity index (χ3n) is 12.9. The van der Waals surface area contributed by atoms with Crippen molar-refractivity contribution in [2.75, 3.05) is 4.90 Å². The standard InChI is InChI=1S/C56H37N5OSi/c1-4-16-38(17-5-1)60-48-25-13-11-23-45(48)54-49(60)30-32-52-55(54)61(53-26-14-15-33-57-53)50-37-40(28-31-51(50)63(52,41-18-6-2-7-19-41)42-20-8-3-9-21-42)62-39-27-29-43-44-22-10-12-24-47(44)59-35-34-58-56(59)46(43)36-39/h1-37H. The smallest absolute Gasteiger partial charge is 0.184 e. The summed E-state index contributed by atoms with van der Waals surface area (Å²) in [5, 5.41) is 10.9. The second kappa shape index (κ2) is 13.9. The Labute approximate surface area is 364 Å². The lowest BCUT2D eigenvalue weighted by Gasteiger charge is -2.45. The molecule has 0 saturated carbocycles. The zero-order valence-electron chi connectivity index (χ0n) is 34.0. The number of fused-ring (bicyclic) bond motifs is 12. The molecular formula is C56H37N5OSi. The van der Waals surface area contributed by atoms with Crippen LogP contribution >= 0.6 is 0 Å². The van der Waals surface area contributed by atoms with Crippen LogP contribution in [0.2, 0.25) is 0 Å². The number of ether oxygens (including phenoxy) is 1. The van der Waals surface area contributed by atoms with Crippen molar-refractivity contribution in [3.63, 3.8) is 0 Å². The fraction of sp³-hybridized carbons (Fsp3) is 0. The molecule has 8 aromatic carbocycles. The Kier molecular flexibility index (Phi) is 7.82. The van der Waals surface area contributed by atoms with Crippen molar-refractivity contribution in [2.24, 2.45) is 0 Å². The van der Waals surface area contributed by atoms with Gasteiger partial charge in [0.05, 0.1) is 27.9 Å². The first-order valence-electron chi connectivity index (χ1n) is 21.3. The van der Waals surface area contributed by atoms with Gasteiger partial charge >= 0.3 is 0 Å². The van der Waals surface area contributed by atoms with Gasteiger partial charge in [0.2, 0.25) is 0 Å². The van der Waals surface area contributed by atoms with Gasteiger partial charge in [-0.05, 0) is 92.9 Å². The van der Waals surface area contributed by atoms with Crippen molar-refractivity contribution in [1.82, 2.24) is 18.9 Å². The predicted molar refractivity (Wildman–Crippen MR) is 261 cm³/mol. The lowest BCUT2D eigenvalue weighted by Crippen LogP contribution is -2.77. The Bertz CT molecular complexity index is 3680. The third kappa shape index (κ3) is 5.17. The fourth-order valence-electron chi connectivity index (χ4n) is 10.4. The Morgan fingerprint density at radius 2 is 1.10 bits per heavy atom. The summed E-state index contributed by atoms with van der Waals surface area (Å²) < 4.78 is 11.6. The number of anilines is 3. The van der Waals surface area contributed by atoms with Crippen LogP contribution in [0.15, 0.2) is 225 Å². The Hall–Kier alpha value is -8.26. The summed E-state index contributed by atoms with van der Waals surface area (Å²) in [6, 6.07) is 74.4. The number of imidazole rings is 1. The van der Waals surface area contributed by atoms with E-state index in [1.165, 1.54) is 36.9 Å². The molecule has 5 heterocycles. The molecule has 0 spiro atoms. The summed E-state index contributed by atoms with van der Waals surface area (Å²) in [6.45, 7) is 0. The van der Waals surface area contributed by atoms with Gasteiger partial charge in [0, 0.05) is 51.9 Å². The number of benzene rings is 8. The zero-order valence-corrected chi connectivity index (χ0v) is 35.0. The average Bonchev–Trinajstić information content (AvgIpc) is 3.99. The molecule has 1 aliphatic heterocycles. The Balaban J connectivity index is 1.12. The largest absolute Gasteiger partial charge is 0.457 e. The molecule has 0 atom stereocenters. The van der Waals surface area contributed by atoms with Crippen LogP contribution in [-0.2, 0) is 0 Å². The van der Waals surface area contributed by atoms with Crippen molar-refractivity contribution >= 4 is 95.1 Å². The first-order chi connectivity index (χ1) is 31.3. The van der Waals surface area contributed by atoms with E-state index in [1.54, 1.807) is 0 Å². The van der Waals surface area contributed by atoms with E-state index in [1.807, 2.05) is 24.7 Å². The normalized spacial score (nSPS) is 13.2. The lowest BCUT2D eigenvalue weighted by molar-refractivity contribution is 0.484. The molecule has 4 aromatic heterocycles. The maximum absolute atomic E-state index is 6.99. The van der Waals surface area contributed by atoms with Gasteiger partial charge in [0.15, 0.2) is 8.07 Å². The van der Waals surface area contributed by atoms with Gasteiger partial charge in [-0.1, -0.05) is 133 Å². The van der Waals surface area contributed by atoms with Crippen LogP contribution in [0.25, 0.3) is 54.8 Å². The molecule has 296 valence electrons. The number of aromatic nitrogens is 4. The van der Waals surface area contributed by atoms with E-state index in [2.05, 4.69) is 214 Å². The highest BCUT2D eigenvalue weighted by atomic mass is 28.3. The Morgan fingerprint density at radius 1 is 0.444 bits per heavy atom. The number of hydrogen-bond acceptors (Lipinski definition) is 4. The summed E-state index contributed by atoms with van der Waals surface area (Å²) in [7, 11) is -3.07. The molecule has 0 radical (unpaired) electrons. The molecule has 0 unspecified atom stereocenters. The van der Waals surface area contributed by atoms with Crippen LogP contribution in [0.5, 0.6) is 11.5 Å². The van der Waals surface area contributed by atoms with Gasteiger partial charge in [0.1, 0.15) is 23.0 Å². The van der Waals surface area contributed by atoms with E-state index in [0.717, 1.165) is 67.3 Å². The highest BCUT2D eigenvalue weighted by Gasteiger charge is 2.50. The van der Waals surface area contributed by atoms with E-state index in [0.29, 0.717) is 0 Å². The molecule has 0 bridgehead atoms. The topological polar surface area (TPSA) is 47.6 Å². The highest BCUT2D eigenvalue weighted by Crippen LogP contribution is 2.46. The van der Waals surface area contributed by atoms with Crippen LogP contribution in [-0.4, -0.2) is 27.0 Å². The number of hydrogen-bond donors (Lipinski definition) is 0. The molecular weight excluding hydrogens is 787 g/mol. The minimum Gasteiger partial charge on any atom is -0.457 e. The zero-order chi connectivity index (χ0) is 41.5. The van der Waals surface area contributed by atoms with E-state index in [9.17, 15) is 0 Å². The first kappa shape index (κ1) is 35.5. The van der Waals surface area contributed by atoms with Crippen LogP contribution in [0.1, 0.15) is 0 Å². The van der Waals surface area contributed by atoms with Gasteiger partial charge in [-0.15, -0.1) is 0 Å². The molecule has 63 heavy (non-hydrogen) atoms. The van der Waals surface area contributed by atoms with Crippen molar-refractivity contribution in [2.45, 2.75) is 0 Å². The quantitative estimate of drug-likeness (QED) is 0.124. The van der Waals surface area contributed by atoms with Crippen LogP contribution in [0, 0.1) is 0 Å². The van der Waals surface area contributed by atoms with Crippen LogP contribution in [0.4, 0.5) is 17.2 Å². The summed E-state index contributed by atoms with van der Waals surface area (Å²) in [5.74, 6) is 2.32. The second-order valence-electron chi connectivity index (χ2n) is 16.2. The third-order valence-corrected chi connectivity index (χ3v) is 17.8. The fourth-order valence-corrected chi connectivity index (χ4v) is 15.5. The number of rotatable bonds is 6. The lowest BCUT2D eigenvalue weighted by atomic mass is 10.1. The molecule has 0 fully saturated rings. The summed E-state index contributed by atoms with van der Waals surface area (Å²) >= 11 is 0. The molecule has 6 nitrogen and oxygen atoms in total. The minimum atomic E-state index is -3.07. The van der Waals surface area contributed by atoms with Gasteiger partial charge in [0.25, 0.3) is 0 Å². The van der Waals surface area contributed by atoms with Gasteiger partial charge in [-0.2, -0.15) is 0 Å². The molecule has 0 saturated heterocycles. The SMILES string of the molecule is c1ccc(-n2c3ccccc3c3c4c(ccc32)[Si](c2ccccc2)(c2ccccc2)c2ccc(Oc3ccc5c6ccccc6n6ccnc6c5c3)cc2N4c2ccccn2)cc1. The Morgan fingerprint density at radius 3 is 1.86 bits per heavy atom. The van der Waals surface area contributed by atoms with Crippen molar-refractivity contribution < 1.29 is 4.74 Å². The van der Waals surface area contributed by atoms with E-state index in [-0.39, 0.29) is 0 Å². The van der Waals surface area contributed by atoms with Crippen molar-refractivity contribution in [3.05, 3.63) is 225 Å². The van der Waals surface area contributed by atoms with Gasteiger partial charge in [-0.3, -0.25) is 9.30 Å². The second-order valence-corrected chi connectivity index (χ2v) is 19.9. The van der Waals surface area contributed by atoms with E-state index in [4.69, 9.17) is 14.7 Å². The van der Waals surface area contributed by atoms with E-state index >= 15 is 0 Å². The molecule has 7 heteroatoms. The van der Waals surface area contributed by atoms with Crippen molar-refractivity contribution in [3.8, 4) is 17.2 Å². The number of nitrogens with zero attached hydrogens (tertiary/aromatic N) is 5. The number of pyridine rings is 2. The molecule has 12 aromatic rings. The first-order valence-corrected chi connectivity index (χ1v) is 23.3. The summed E-state index contributed by atoms with van der Waals surface area (Å²) in [4.78, 5) is 12.3. The maximum atomic E-state index is 6.99. The number of para-hydroxylation sites is 3. The molecule has 13 rings (SSSR count). The van der Waals surface area contributed by atoms with Gasteiger partial charge in [-0.25, -0.2) is 9.97 Å². The summed E-state index contributed by atoms with van der Waals surface area (Å²) in [6.07, 6.45) is 5.79. The molecule has 0 aliphatic carbocycles. The van der Waals surface area contributed by atoms with Gasteiger partial charge < -0.3 is 9.30 Å². The molecule has 1 aliphatic rings. The minimum absolute atomic E-state index is 0.737.